The molecule has 1 aliphatic carbocycles. The number of ether oxygens (including phenoxy) is 4. The molecule has 2 heterocycles. The van der Waals surface area contributed by atoms with Crippen LogP contribution in [0, 0.1) is 0 Å². The van der Waals surface area contributed by atoms with Gasteiger partial charge in [0.05, 0.1) is 20.3 Å². The first-order valence-corrected chi connectivity index (χ1v) is 8.81. The van der Waals surface area contributed by atoms with Crippen LogP contribution >= 0.6 is 0 Å². The molecule has 1 N–H and O–H groups in total. The second kappa shape index (κ2) is 5.70. The van der Waals surface area contributed by atoms with E-state index in [0.717, 1.165) is 34.2 Å². The molecule has 3 aliphatic rings. The van der Waals surface area contributed by atoms with Crippen molar-refractivity contribution in [3.63, 3.8) is 0 Å². The second-order valence-corrected chi connectivity index (χ2v) is 6.86. The molecular weight excluding hydrogens is 350 g/mol. The summed E-state index contributed by atoms with van der Waals surface area (Å²) in [5.74, 6) is 2.35. The molecule has 140 valence electrons. The van der Waals surface area contributed by atoms with Crippen LogP contribution in [0.2, 0.25) is 0 Å². The highest BCUT2D eigenvalue weighted by Gasteiger charge is 2.41. The Morgan fingerprint density at radius 2 is 2.04 bits per heavy atom. The molecule has 1 atom stereocenters. The van der Waals surface area contributed by atoms with Gasteiger partial charge in [-0.05, 0) is 41.7 Å². The number of phenolic OH excluding ortho intramolecular Hbond substituents is 1. The summed E-state index contributed by atoms with van der Waals surface area (Å²) in [5, 5.41) is 10.4. The van der Waals surface area contributed by atoms with Gasteiger partial charge in [0.2, 0.25) is 19.0 Å². The molecule has 7 nitrogen and oxygen atoms in total. The molecule has 27 heavy (non-hydrogen) atoms. The highest BCUT2D eigenvalue weighted by molar-refractivity contribution is 5.88. The van der Waals surface area contributed by atoms with E-state index < -0.39 is 0 Å². The zero-order chi connectivity index (χ0) is 18.7. The fourth-order valence-electron chi connectivity index (χ4n) is 4.56. The smallest absolute Gasteiger partial charge is 0.231 e. The van der Waals surface area contributed by atoms with Gasteiger partial charge in [-0.3, -0.25) is 4.79 Å². The number of carbonyl (C=O) groups is 1. The number of rotatable bonds is 3. The van der Waals surface area contributed by atoms with Gasteiger partial charge in [-0.15, -0.1) is 0 Å². The summed E-state index contributed by atoms with van der Waals surface area (Å²) < 4.78 is 22.5. The minimum atomic E-state index is -0.119. The van der Waals surface area contributed by atoms with Crippen LogP contribution in [0.5, 0.6) is 28.7 Å². The van der Waals surface area contributed by atoms with Crippen LogP contribution in [-0.4, -0.2) is 44.0 Å². The van der Waals surface area contributed by atoms with Crippen molar-refractivity contribution in [2.45, 2.75) is 18.9 Å². The summed E-state index contributed by atoms with van der Waals surface area (Å²) in [5.41, 5.74) is 4.80. The molecule has 0 aromatic heterocycles. The average Bonchev–Trinajstić information content (AvgIpc) is 3.17. The number of nitrogens with zero attached hydrogens (tertiary/aromatic N) is 1. The van der Waals surface area contributed by atoms with Crippen molar-refractivity contribution in [2.75, 3.05) is 27.6 Å². The third-order valence-corrected chi connectivity index (χ3v) is 5.69. The summed E-state index contributed by atoms with van der Waals surface area (Å²) in [6.45, 7) is 0.724. The first-order chi connectivity index (χ1) is 13.2. The van der Waals surface area contributed by atoms with Gasteiger partial charge < -0.3 is 29.0 Å². The van der Waals surface area contributed by atoms with E-state index in [1.165, 1.54) is 7.11 Å². The molecule has 2 aliphatic heterocycles. The summed E-state index contributed by atoms with van der Waals surface area (Å²) in [7, 11) is 3.14. The highest BCUT2D eigenvalue weighted by atomic mass is 16.7. The average molecular weight is 369 g/mol. The van der Waals surface area contributed by atoms with Gasteiger partial charge in [0.15, 0.2) is 23.0 Å². The van der Waals surface area contributed by atoms with Gasteiger partial charge in [0, 0.05) is 17.7 Å². The van der Waals surface area contributed by atoms with E-state index in [1.807, 2.05) is 11.0 Å². The monoisotopic (exact) mass is 369 g/mol. The van der Waals surface area contributed by atoms with Crippen LogP contribution in [-0.2, 0) is 17.6 Å². The molecule has 0 saturated carbocycles. The van der Waals surface area contributed by atoms with E-state index in [0.29, 0.717) is 42.4 Å². The maximum absolute atomic E-state index is 11.7. The number of hydrogen-bond donors (Lipinski definition) is 1. The van der Waals surface area contributed by atoms with Crippen molar-refractivity contribution < 1.29 is 28.8 Å². The summed E-state index contributed by atoms with van der Waals surface area (Å²) >= 11 is 0. The second-order valence-electron chi connectivity index (χ2n) is 6.86. The molecule has 0 spiro atoms. The molecule has 1 amide bonds. The van der Waals surface area contributed by atoms with Gasteiger partial charge in [-0.1, -0.05) is 0 Å². The Kier molecular flexibility index (Phi) is 3.40. The molecule has 0 bridgehead atoms. The molecule has 0 fully saturated rings. The lowest BCUT2D eigenvalue weighted by Crippen LogP contribution is -2.37. The van der Waals surface area contributed by atoms with E-state index >= 15 is 0 Å². The van der Waals surface area contributed by atoms with E-state index in [-0.39, 0.29) is 18.6 Å². The minimum Gasteiger partial charge on any atom is -0.504 e. The Hall–Kier alpha value is -3.09. The van der Waals surface area contributed by atoms with Crippen LogP contribution < -0.4 is 18.9 Å². The standard InChI is InChI=1S/C20H19NO6/c1-24-15-6-10-5-13-16-11(3-4-21(13)8-22)18(25-2)20-19(26-9-27-20)17(16)12(10)7-14(15)23/h6-8,13,23H,3-5,9H2,1-2H3/t13-/m1/s1. The minimum absolute atomic E-state index is 0.0648. The van der Waals surface area contributed by atoms with Crippen LogP contribution in [0.15, 0.2) is 12.1 Å². The number of carbonyl (C=O) groups excluding carboxylic acids is 1. The maximum Gasteiger partial charge on any atom is 0.231 e. The summed E-state index contributed by atoms with van der Waals surface area (Å²) in [6, 6.07) is 3.41. The predicted molar refractivity (Wildman–Crippen MR) is 95.7 cm³/mol. The third-order valence-electron chi connectivity index (χ3n) is 5.69. The van der Waals surface area contributed by atoms with Gasteiger partial charge >= 0.3 is 0 Å². The van der Waals surface area contributed by atoms with E-state index in [9.17, 15) is 9.90 Å². The first kappa shape index (κ1) is 16.1. The zero-order valence-corrected chi connectivity index (χ0v) is 15.1. The quantitative estimate of drug-likeness (QED) is 0.838. The van der Waals surface area contributed by atoms with Gasteiger partial charge in [0.25, 0.3) is 0 Å². The van der Waals surface area contributed by atoms with Gasteiger partial charge in [-0.2, -0.15) is 0 Å². The highest BCUT2D eigenvalue weighted by Crippen LogP contribution is 2.59. The van der Waals surface area contributed by atoms with Crippen molar-refractivity contribution >= 4 is 6.41 Å². The Labute approximate surface area is 156 Å². The summed E-state index contributed by atoms with van der Waals surface area (Å²) in [4.78, 5) is 13.5. The van der Waals surface area contributed by atoms with E-state index in [4.69, 9.17) is 18.9 Å². The van der Waals surface area contributed by atoms with Gasteiger partial charge in [0.1, 0.15) is 0 Å². The number of hydrogen-bond acceptors (Lipinski definition) is 6. The normalized spacial score (nSPS) is 18.6. The van der Waals surface area contributed by atoms with Crippen molar-refractivity contribution in [2.24, 2.45) is 0 Å². The summed E-state index contributed by atoms with van der Waals surface area (Å²) in [6.07, 6.45) is 2.21. The molecule has 0 radical (unpaired) electrons. The zero-order valence-electron chi connectivity index (χ0n) is 15.1. The fraction of sp³-hybridized carbons (Fsp3) is 0.350. The number of fused-ring (bicyclic) bond motifs is 4. The predicted octanol–water partition coefficient (Wildman–Crippen LogP) is 2.42. The SMILES string of the molecule is COc1cc2c(cc1O)-c1c3c(c(OC)c4c1[C@@H](C2)N(C=O)CC4)OCO3. The molecule has 7 heteroatoms. The Morgan fingerprint density at radius 1 is 1.22 bits per heavy atom. The Balaban J connectivity index is 1.87. The number of benzene rings is 2. The van der Waals surface area contributed by atoms with E-state index in [2.05, 4.69) is 0 Å². The number of phenols is 1. The number of aromatic hydroxyl groups is 1. The van der Waals surface area contributed by atoms with Gasteiger partial charge in [-0.25, -0.2) is 0 Å². The molecule has 2 aromatic carbocycles. The lowest BCUT2D eigenvalue weighted by molar-refractivity contribution is -0.120. The van der Waals surface area contributed by atoms with Crippen LogP contribution in [0.1, 0.15) is 22.7 Å². The van der Waals surface area contributed by atoms with Crippen LogP contribution in [0.4, 0.5) is 0 Å². The van der Waals surface area contributed by atoms with E-state index in [1.54, 1.807) is 13.2 Å². The number of amides is 1. The fourth-order valence-corrected chi connectivity index (χ4v) is 4.56. The largest absolute Gasteiger partial charge is 0.504 e. The van der Waals surface area contributed by atoms with Crippen molar-refractivity contribution in [1.82, 2.24) is 4.90 Å². The lowest BCUT2D eigenvalue weighted by Gasteiger charge is -2.40. The Bertz CT molecular complexity index is 970. The molecule has 2 aromatic rings. The lowest BCUT2D eigenvalue weighted by atomic mass is 9.76. The van der Waals surface area contributed by atoms with Crippen LogP contribution in [0.25, 0.3) is 11.1 Å². The maximum atomic E-state index is 11.7. The van der Waals surface area contributed by atoms with Crippen LogP contribution in [0.3, 0.4) is 0 Å². The van der Waals surface area contributed by atoms with Crippen molar-refractivity contribution in [1.29, 1.82) is 0 Å². The number of methoxy groups -OCH3 is 2. The topological polar surface area (TPSA) is 77.5 Å². The molecular formula is C20H19NO6. The molecule has 0 saturated heterocycles. The van der Waals surface area contributed by atoms with Crippen molar-refractivity contribution in [3.8, 4) is 39.9 Å². The molecule has 0 unspecified atom stereocenters. The Morgan fingerprint density at radius 3 is 2.78 bits per heavy atom. The first-order valence-electron chi connectivity index (χ1n) is 8.81. The molecule has 5 rings (SSSR count). The van der Waals surface area contributed by atoms with Crippen molar-refractivity contribution in [3.05, 3.63) is 28.8 Å². The third kappa shape index (κ3) is 2.05.